The molecule has 3 N–H and O–H groups in total. The Labute approximate surface area is 108 Å². The number of hydrogen-bond acceptors (Lipinski definition) is 4. The average molecular weight is 256 g/mol. The summed E-state index contributed by atoms with van der Waals surface area (Å²) in [6, 6.07) is 2.44. The highest BCUT2D eigenvalue weighted by molar-refractivity contribution is 7.10. The molecule has 1 atom stereocenters. The van der Waals surface area contributed by atoms with Crippen molar-refractivity contribution >= 4 is 11.3 Å². The molecular formula is C13H24N2OS. The molecule has 98 valence electrons. The predicted molar refractivity (Wildman–Crippen MR) is 74.5 cm³/mol. The van der Waals surface area contributed by atoms with E-state index in [9.17, 15) is 0 Å². The van der Waals surface area contributed by atoms with Crippen LogP contribution in [0.25, 0.3) is 0 Å². The number of rotatable bonds is 9. The van der Waals surface area contributed by atoms with Crippen molar-refractivity contribution in [1.82, 2.24) is 5.32 Å². The molecule has 0 saturated heterocycles. The molecule has 0 spiro atoms. The predicted octanol–water partition coefficient (Wildman–Crippen LogP) is 2.15. The molecule has 0 bridgehead atoms. The average Bonchev–Trinajstić information content (AvgIpc) is 2.77. The maximum Gasteiger partial charge on any atom is 0.0462 e. The zero-order valence-corrected chi connectivity index (χ0v) is 11.7. The third kappa shape index (κ3) is 5.64. The van der Waals surface area contributed by atoms with Gasteiger partial charge in [0.15, 0.2) is 0 Å². The van der Waals surface area contributed by atoms with Crippen LogP contribution >= 0.6 is 11.3 Å². The fourth-order valence-electron chi connectivity index (χ4n) is 1.80. The summed E-state index contributed by atoms with van der Waals surface area (Å²) >= 11 is 1.82. The summed E-state index contributed by atoms with van der Waals surface area (Å²) in [5, 5.41) is 5.59. The molecule has 0 saturated carbocycles. The first-order valence-corrected chi connectivity index (χ1v) is 7.16. The van der Waals surface area contributed by atoms with Crippen molar-refractivity contribution < 1.29 is 4.74 Å². The Morgan fingerprint density at radius 3 is 3.06 bits per heavy atom. The molecular weight excluding hydrogens is 232 g/mol. The molecule has 3 nitrogen and oxygen atoms in total. The molecule has 1 rings (SSSR count). The van der Waals surface area contributed by atoms with E-state index in [1.54, 1.807) is 7.11 Å². The molecule has 1 aromatic rings. The fraction of sp³-hybridized carbons (Fsp3) is 0.692. The first kappa shape index (κ1) is 14.6. The van der Waals surface area contributed by atoms with Crippen LogP contribution in [-0.4, -0.2) is 26.3 Å². The standard InChI is InChI=1S/C13H24N2OS/c1-3-11-6-8-17-13(11)10-15-9-12(14)5-4-7-16-2/h6,8,12,15H,3-5,7,9-10,14H2,1-2H3. The van der Waals surface area contributed by atoms with Crippen molar-refractivity contribution in [1.29, 1.82) is 0 Å². The van der Waals surface area contributed by atoms with Gasteiger partial charge in [-0.05, 0) is 36.3 Å². The van der Waals surface area contributed by atoms with E-state index in [4.69, 9.17) is 10.5 Å². The topological polar surface area (TPSA) is 47.3 Å². The summed E-state index contributed by atoms with van der Waals surface area (Å²) in [4.78, 5) is 1.44. The quantitative estimate of drug-likeness (QED) is 0.666. The number of methoxy groups -OCH3 is 1. The highest BCUT2D eigenvalue weighted by Gasteiger charge is 2.04. The lowest BCUT2D eigenvalue weighted by molar-refractivity contribution is 0.190. The molecule has 1 unspecified atom stereocenters. The van der Waals surface area contributed by atoms with Gasteiger partial charge in [-0.3, -0.25) is 0 Å². The second-order valence-corrected chi connectivity index (χ2v) is 5.25. The molecule has 0 aliphatic carbocycles. The number of ether oxygens (including phenoxy) is 1. The van der Waals surface area contributed by atoms with E-state index in [1.165, 1.54) is 10.4 Å². The summed E-state index contributed by atoms with van der Waals surface area (Å²) in [5.74, 6) is 0. The molecule has 0 aliphatic rings. The molecule has 0 aliphatic heterocycles. The van der Waals surface area contributed by atoms with E-state index in [0.29, 0.717) is 0 Å². The minimum atomic E-state index is 0.232. The molecule has 4 heteroatoms. The minimum Gasteiger partial charge on any atom is -0.385 e. The fourth-order valence-corrected chi connectivity index (χ4v) is 2.75. The van der Waals surface area contributed by atoms with Gasteiger partial charge in [-0.2, -0.15) is 0 Å². The van der Waals surface area contributed by atoms with E-state index in [0.717, 1.165) is 39.0 Å². The molecule has 1 aromatic heterocycles. The first-order chi connectivity index (χ1) is 8.27. The maximum atomic E-state index is 6.01. The van der Waals surface area contributed by atoms with Crippen LogP contribution in [-0.2, 0) is 17.7 Å². The van der Waals surface area contributed by atoms with Gasteiger partial charge in [0.1, 0.15) is 0 Å². The van der Waals surface area contributed by atoms with Crippen LogP contribution in [0.1, 0.15) is 30.2 Å². The molecule has 0 radical (unpaired) electrons. The van der Waals surface area contributed by atoms with Gasteiger partial charge < -0.3 is 15.8 Å². The lowest BCUT2D eigenvalue weighted by Gasteiger charge is -2.12. The number of nitrogens with two attached hydrogens (primary N) is 1. The van der Waals surface area contributed by atoms with Crippen LogP contribution in [0.2, 0.25) is 0 Å². The van der Waals surface area contributed by atoms with Crippen LogP contribution in [0.3, 0.4) is 0 Å². The van der Waals surface area contributed by atoms with Gasteiger partial charge in [0.25, 0.3) is 0 Å². The number of thiophene rings is 1. The normalized spacial score (nSPS) is 12.9. The zero-order valence-electron chi connectivity index (χ0n) is 10.9. The molecule has 1 heterocycles. The van der Waals surface area contributed by atoms with Crippen LogP contribution < -0.4 is 11.1 Å². The first-order valence-electron chi connectivity index (χ1n) is 6.28. The molecule has 0 amide bonds. The van der Waals surface area contributed by atoms with E-state index >= 15 is 0 Å². The zero-order chi connectivity index (χ0) is 12.5. The highest BCUT2D eigenvalue weighted by Crippen LogP contribution is 2.16. The Morgan fingerprint density at radius 2 is 2.35 bits per heavy atom. The Hall–Kier alpha value is -0.420. The van der Waals surface area contributed by atoms with Gasteiger partial charge in [-0.15, -0.1) is 11.3 Å². The van der Waals surface area contributed by atoms with Crippen molar-refractivity contribution in [3.63, 3.8) is 0 Å². The van der Waals surface area contributed by atoms with Crippen LogP contribution in [0.15, 0.2) is 11.4 Å². The van der Waals surface area contributed by atoms with Gasteiger partial charge in [0, 0.05) is 37.7 Å². The molecule has 17 heavy (non-hydrogen) atoms. The van der Waals surface area contributed by atoms with E-state index in [1.807, 2.05) is 11.3 Å². The highest BCUT2D eigenvalue weighted by atomic mass is 32.1. The summed E-state index contributed by atoms with van der Waals surface area (Å²) in [7, 11) is 1.73. The largest absolute Gasteiger partial charge is 0.385 e. The third-order valence-corrected chi connectivity index (χ3v) is 3.80. The van der Waals surface area contributed by atoms with Crippen molar-refractivity contribution in [2.75, 3.05) is 20.3 Å². The number of nitrogens with one attached hydrogen (secondary N) is 1. The maximum absolute atomic E-state index is 6.01. The Morgan fingerprint density at radius 1 is 1.53 bits per heavy atom. The van der Waals surface area contributed by atoms with Crippen molar-refractivity contribution in [3.05, 3.63) is 21.9 Å². The molecule has 0 fully saturated rings. The number of hydrogen-bond donors (Lipinski definition) is 2. The summed E-state index contributed by atoms with van der Waals surface area (Å²) in [6.07, 6.45) is 3.17. The lowest BCUT2D eigenvalue weighted by atomic mass is 10.1. The van der Waals surface area contributed by atoms with Crippen LogP contribution in [0.5, 0.6) is 0 Å². The minimum absolute atomic E-state index is 0.232. The summed E-state index contributed by atoms with van der Waals surface area (Å²) in [6.45, 7) is 4.82. The smallest absolute Gasteiger partial charge is 0.0462 e. The Balaban J connectivity index is 2.14. The Bertz CT molecular complexity index is 301. The van der Waals surface area contributed by atoms with Gasteiger partial charge in [0.05, 0.1) is 0 Å². The van der Waals surface area contributed by atoms with Crippen molar-refractivity contribution in [2.24, 2.45) is 5.73 Å². The summed E-state index contributed by atoms with van der Waals surface area (Å²) in [5.41, 5.74) is 7.46. The van der Waals surface area contributed by atoms with Crippen molar-refractivity contribution in [3.8, 4) is 0 Å². The van der Waals surface area contributed by atoms with Crippen LogP contribution in [0, 0.1) is 0 Å². The van der Waals surface area contributed by atoms with Gasteiger partial charge >= 0.3 is 0 Å². The van der Waals surface area contributed by atoms with E-state index in [2.05, 4.69) is 23.7 Å². The SMILES string of the molecule is CCc1ccsc1CNCC(N)CCCOC. The van der Waals surface area contributed by atoms with Crippen molar-refractivity contribution in [2.45, 2.75) is 38.8 Å². The van der Waals surface area contributed by atoms with E-state index < -0.39 is 0 Å². The molecule has 0 aromatic carbocycles. The van der Waals surface area contributed by atoms with Gasteiger partial charge in [-0.1, -0.05) is 6.92 Å². The van der Waals surface area contributed by atoms with Crippen LogP contribution in [0.4, 0.5) is 0 Å². The van der Waals surface area contributed by atoms with E-state index in [-0.39, 0.29) is 6.04 Å². The Kier molecular flexibility index (Phi) is 7.44. The van der Waals surface area contributed by atoms with Gasteiger partial charge in [0.2, 0.25) is 0 Å². The number of aryl methyl sites for hydroxylation is 1. The second kappa shape index (κ2) is 8.64. The lowest BCUT2D eigenvalue weighted by Crippen LogP contribution is -2.33. The second-order valence-electron chi connectivity index (χ2n) is 4.25. The van der Waals surface area contributed by atoms with Gasteiger partial charge in [-0.25, -0.2) is 0 Å². The summed E-state index contributed by atoms with van der Waals surface area (Å²) < 4.78 is 5.01. The monoisotopic (exact) mass is 256 g/mol. The third-order valence-electron chi connectivity index (χ3n) is 2.83.